The van der Waals surface area contributed by atoms with E-state index in [0.717, 1.165) is 12.8 Å². The highest BCUT2D eigenvalue weighted by atomic mass is 15.4. The monoisotopic (exact) mass is 207 g/mol. The van der Waals surface area contributed by atoms with E-state index in [2.05, 4.69) is 30.3 Å². The van der Waals surface area contributed by atoms with Crippen molar-refractivity contribution in [1.82, 2.24) is 9.78 Å². The van der Waals surface area contributed by atoms with Gasteiger partial charge in [-0.1, -0.05) is 13.8 Å². The Morgan fingerprint density at radius 3 is 2.47 bits per heavy atom. The molecule has 15 heavy (non-hydrogen) atoms. The molecule has 1 heterocycles. The molecule has 0 fully saturated rings. The van der Waals surface area contributed by atoms with Crippen LogP contribution >= 0.6 is 0 Å². The zero-order chi connectivity index (χ0) is 11.4. The summed E-state index contributed by atoms with van der Waals surface area (Å²) in [5.74, 6) is 1.01. The van der Waals surface area contributed by atoms with Crippen LogP contribution in [0.5, 0.6) is 0 Å². The highest BCUT2D eigenvalue weighted by Gasteiger charge is 2.18. The first-order valence-electron chi connectivity index (χ1n) is 5.15. The van der Waals surface area contributed by atoms with Gasteiger partial charge >= 0.3 is 0 Å². The Morgan fingerprint density at radius 1 is 1.53 bits per heavy atom. The van der Waals surface area contributed by atoms with Crippen LogP contribution in [-0.4, -0.2) is 16.8 Å². The van der Waals surface area contributed by atoms with Crippen molar-refractivity contribution < 1.29 is 0 Å². The molecule has 0 aliphatic heterocycles. The lowest BCUT2D eigenvalue weighted by Crippen LogP contribution is -2.12. The van der Waals surface area contributed by atoms with E-state index in [-0.39, 0.29) is 6.04 Å². The van der Waals surface area contributed by atoms with Crippen LogP contribution in [0.2, 0.25) is 0 Å². The molecule has 0 spiro atoms. The van der Waals surface area contributed by atoms with Crippen LogP contribution in [0.3, 0.4) is 0 Å². The smallest absolute Gasteiger partial charge is 0.168 e. The Bertz CT molecular complexity index is 370. The molecule has 0 saturated carbocycles. The van der Waals surface area contributed by atoms with Gasteiger partial charge in [-0.2, -0.15) is 10.4 Å². The van der Waals surface area contributed by atoms with Gasteiger partial charge in [-0.05, 0) is 12.8 Å². The average Bonchev–Trinajstić information content (AvgIpc) is 2.57. The second-order valence-electron chi connectivity index (χ2n) is 3.39. The van der Waals surface area contributed by atoms with Gasteiger partial charge in [0.15, 0.2) is 5.82 Å². The lowest BCUT2D eigenvalue weighted by molar-refractivity contribution is 0.435. The van der Waals surface area contributed by atoms with Crippen molar-refractivity contribution in [2.45, 2.75) is 32.7 Å². The molecule has 0 amide bonds. The van der Waals surface area contributed by atoms with Crippen molar-refractivity contribution in [2.75, 3.05) is 18.1 Å². The number of nitrogens with two attached hydrogens (primary N) is 1. The standard InChI is InChI=1S/C10H17N5/c1-4-7(5-2)15-9(12)8(6-11)10(13-3)14-15/h7H,4-5,12H2,1-3H3,(H,13,14). The average molecular weight is 207 g/mol. The molecular weight excluding hydrogens is 190 g/mol. The third-order valence-electron chi connectivity index (χ3n) is 2.58. The Balaban J connectivity index is 3.21. The van der Waals surface area contributed by atoms with Gasteiger partial charge in [0.05, 0.1) is 6.04 Å². The summed E-state index contributed by atoms with van der Waals surface area (Å²) in [6.45, 7) is 4.17. The lowest BCUT2D eigenvalue weighted by Gasteiger charge is -2.14. The highest BCUT2D eigenvalue weighted by Crippen LogP contribution is 2.26. The summed E-state index contributed by atoms with van der Waals surface area (Å²) >= 11 is 0. The van der Waals surface area contributed by atoms with Crippen LogP contribution in [0, 0.1) is 11.3 Å². The van der Waals surface area contributed by atoms with Gasteiger partial charge in [0, 0.05) is 7.05 Å². The van der Waals surface area contributed by atoms with Gasteiger partial charge in [0.2, 0.25) is 0 Å². The predicted molar refractivity (Wildman–Crippen MR) is 60.5 cm³/mol. The number of hydrogen-bond donors (Lipinski definition) is 2. The van der Waals surface area contributed by atoms with Gasteiger partial charge in [0.1, 0.15) is 17.5 Å². The molecule has 0 radical (unpaired) electrons. The number of rotatable bonds is 4. The van der Waals surface area contributed by atoms with E-state index in [1.165, 1.54) is 0 Å². The molecule has 0 atom stereocenters. The first-order chi connectivity index (χ1) is 7.19. The summed E-state index contributed by atoms with van der Waals surface area (Å²) < 4.78 is 1.74. The van der Waals surface area contributed by atoms with Gasteiger partial charge < -0.3 is 11.1 Å². The summed E-state index contributed by atoms with van der Waals surface area (Å²) in [6, 6.07) is 2.33. The number of nitrogens with zero attached hydrogens (tertiary/aromatic N) is 3. The molecule has 0 saturated heterocycles. The molecule has 3 N–H and O–H groups in total. The SMILES string of the molecule is CCC(CC)n1nc(NC)c(C#N)c1N. The fourth-order valence-corrected chi connectivity index (χ4v) is 1.65. The molecule has 5 nitrogen and oxygen atoms in total. The van der Waals surface area contributed by atoms with Crippen molar-refractivity contribution in [1.29, 1.82) is 5.26 Å². The van der Waals surface area contributed by atoms with Crippen LogP contribution in [0.15, 0.2) is 0 Å². The summed E-state index contributed by atoms with van der Waals surface area (Å²) in [7, 11) is 1.74. The first-order valence-corrected chi connectivity index (χ1v) is 5.15. The van der Waals surface area contributed by atoms with E-state index in [1.54, 1.807) is 11.7 Å². The molecule has 0 bridgehead atoms. The molecule has 0 aromatic carbocycles. The van der Waals surface area contributed by atoms with E-state index in [9.17, 15) is 0 Å². The van der Waals surface area contributed by atoms with Crippen LogP contribution in [0.25, 0.3) is 0 Å². The zero-order valence-corrected chi connectivity index (χ0v) is 9.41. The minimum Gasteiger partial charge on any atom is -0.383 e. The Kier molecular flexibility index (Phi) is 3.56. The van der Waals surface area contributed by atoms with Crippen molar-refractivity contribution in [3.8, 4) is 6.07 Å². The largest absolute Gasteiger partial charge is 0.383 e. The van der Waals surface area contributed by atoms with Crippen LogP contribution < -0.4 is 11.1 Å². The fraction of sp³-hybridized carbons (Fsp3) is 0.600. The van der Waals surface area contributed by atoms with Crippen LogP contribution in [0.4, 0.5) is 11.6 Å². The maximum atomic E-state index is 8.95. The maximum absolute atomic E-state index is 8.95. The topological polar surface area (TPSA) is 79.7 Å². The minimum atomic E-state index is 0.263. The fourth-order valence-electron chi connectivity index (χ4n) is 1.65. The molecule has 1 aromatic heterocycles. The van der Waals surface area contributed by atoms with Crippen molar-refractivity contribution >= 4 is 11.6 Å². The van der Waals surface area contributed by atoms with E-state index in [1.807, 2.05) is 0 Å². The number of hydrogen-bond acceptors (Lipinski definition) is 4. The molecule has 0 aliphatic rings. The van der Waals surface area contributed by atoms with Crippen LogP contribution in [-0.2, 0) is 0 Å². The number of anilines is 2. The molecule has 1 rings (SSSR count). The van der Waals surface area contributed by atoms with E-state index in [0.29, 0.717) is 17.2 Å². The van der Waals surface area contributed by atoms with Gasteiger partial charge in [-0.15, -0.1) is 0 Å². The van der Waals surface area contributed by atoms with Crippen molar-refractivity contribution in [3.63, 3.8) is 0 Å². The Morgan fingerprint density at radius 2 is 2.13 bits per heavy atom. The lowest BCUT2D eigenvalue weighted by atomic mass is 10.2. The maximum Gasteiger partial charge on any atom is 0.168 e. The Labute approximate surface area is 89.9 Å². The second-order valence-corrected chi connectivity index (χ2v) is 3.39. The molecule has 0 unspecified atom stereocenters. The van der Waals surface area contributed by atoms with Gasteiger partial charge in [-0.3, -0.25) is 0 Å². The number of nitrogen functional groups attached to an aromatic ring is 1. The van der Waals surface area contributed by atoms with E-state index in [4.69, 9.17) is 11.0 Å². The normalized spacial score (nSPS) is 10.3. The third-order valence-corrected chi connectivity index (χ3v) is 2.58. The van der Waals surface area contributed by atoms with E-state index < -0.39 is 0 Å². The van der Waals surface area contributed by atoms with Crippen LogP contribution in [0.1, 0.15) is 38.3 Å². The van der Waals surface area contributed by atoms with Crippen molar-refractivity contribution in [3.05, 3.63) is 5.56 Å². The summed E-state index contributed by atoms with van der Waals surface area (Å²) in [6.07, 6.45) is 1.91. The third kappa shape index (κ3) is 1.89. The molecule has 5 heteroatoms. The van der Waals surface area contributed by atoms with Crippen molar-refractivity contribution in [2.24, 2.45) is 0 Å². The Hall–Kier alpha value is -1.70. The number of nitrogens with one attached hydrogen (secondary N) is 1. The quantitative estimate of drug-likeness (QED) is 0.788. The second kappa shape index (κ2) is 4.69. The molecule has 82 valence electrons. The highest BCUT2D eigenvalue weighted by molar-refractivity contribution is 5.63. The minimum absolute atomic E-state index is 0.263. The first kappa shape index (κ1) is 11.4. The number of aromatic nitrogens is 2. The zero-order valence-electron chi connectivity index (χ0n) is 9.41. The van der Waals surface area contributed by atoms with E-state index >= 15 is 0 Å². The molecule has 0 aliphatic carbocycles. The molecule has 1 aromatic rings. The summed E-state index contributed by atoms with van der Waals surface area (Å²) in [5, 5.41) is 16.1. The molecular formula is C10H17N5. The van der Waals surface area contributed by atoms with Gasteiger partial charge in [-0.25, -0.2) is 4.68 Å². The summed E-state index contributed by atoms with van der Waals surface area (Å²) in [5.41, 5.74) is 6.31. The number of nitriles is 1. The summed E-state index contributed by atoms with van der Waals surface area (Å²) in [4.78, 5) is 0. The van der Waals surface area contributed by atoms with Gasteiger partial charge in [0.25, 0.3) is 0 Å². The predicted octanol–water partition coefficient (Wildman–Crippen LogP) is 1.74.